The van der Waals surface area contributed by atoms with Crippen LogP contribution in [0.15, 0.2) is 54.6 Å². The summed E-state index contributed by atoms with van der Waals surface area (Å²) in [5, 5.41) is 3.41. The number of para-hydroxylation sites is 1. The molecule has 0 spiro atoms. The van der Waals surface area contributed by atoms with E-state index in [1.807, 2.05) is 101 Å². The van der Waals surface area contributed by atoms with Gasteiger partial charge in [0.2, 0.25) is 0 Å². The lowest BCUT2D eigenvalue weighted by Crippen LogP contribution is -2.18. The minimum Gasteiger partial charge on any atom is -0.378 e. The van der Waals surface area contributed by atoms with Crippen LogP contribution < -0.4 is 10.2 Å². The third-order valence-corrected chi connectivity index (χ3v) is 6.37. The lowest BCUT2D eigenvalue weighted by molar-refractivity contribution is 0.168. The third kappa shape index (κ3) is 7.18. The molecule has 0 aromatic heterocycles. The van der Waals surface area contributed by atoms with Crippen LogP contribution >= 0.6 is 7.60 Å². The summed E-state index contributed by atoms with van der Waals surface area (Å²) < 4.78 is 26.0. The Balaban J connectivity index is 2.43. The molecule has 2 aromatic rings. The van der Waals surface area contributed by atoms with Crippen LogP contribution in [0, 0.1) is 11.8 Å². The van der Waals surface area contributed by atoms with E-state index in [0.717, 1.165) is 16.9 Å². The van der Waals surface area contributed by atoms with Crippen LogP contribution in [0.3, 0.4) is 0 Å². The van der Waals surface area contributed by atoms with E-state index in [1.165, 1.54) is 0 Å². The first kappa shape index (κ1) is 23.5. The molecule has 0 unspecified atom stereocenters. The van der Waals surface area contributed by atoms with Crippen molar-refractivity contribution in [1.82, 2.24) is 0 Å². The molecular weight excluding hydrogens is 383 g/mol. The van der Waals surface area contributed by atoms with Gasteiger partial charge < -0.3 is 19.3 Å². The van der Waals surface area contributed by atoms with Crippen LogP contribution in [0.5, 0.6) is 0 Å². The Labute approximate surface area is 176 Å². The molecule has 0 saturated carbocycles. The van der Waals surface area contributed by atoms with Gasteiger partial charge in [0.1, 0.15) is 0 Å². The second kappa shape index (κ2) is 10.8. The number of nitrogens with one attached hydrogen (secondary N) is 1. The summed E-state index contributed by atoms with van der Waals surface area (Å²) >= 11 is 0. The molecule has 0 heterocycles. The van der Waals surface area contributed by atoms with Gasteiger partial charge in [-0.15, -0.1) is 0 Å². The molecule has 0 amide bonds. The van der Waals surface area contributed by atoms with Crippen molar-refractivity contribution in [1.29, 1.82) is 0 Å². The van der Waals surface area contributed by atoms with E-state index >= 15 is 0 Å². The van der Waals surface area contributed by atoms with Crippen molar-refractivity contribution < 1.29 is 13.6 Å². The summed E-state index contributed by atoms with van der Waals surface area (Å²) in [5.41, 5.74) is 2.82. The van der Waals surface area contributed by atoms with Crippen LogP contribution in [-0.2, 0) is 13.6 Å². The molecule has 1 atom stereocenters. The van der Waals surface area contributed by atoms with E-state index in [-0.39, 0.29) is 11.8 Å². The van der Waals surface area contributed by atoms with E-state index in [1.54, 1.807) is 0 Å². The summed E-state index contributed by atoms with van der Waals surface area (Å²) in [6.45, 7) is 8.91. The number of hydrogen-bond acceptors (Lipinski definition) is 5. The first-order chi connectivity index (χ1) is 13.7. The molecule has 6 heteroatoms. The highest BCUT2D eigenvalue weighted by Gasteiger charge is 2.38. The number of anilines is 2. The standard InChI is InChI=1S/C23H35N2O3P/c1-18(2)16-27-29(26,28-17-19(3)4)23(24-21-10-8-7-9-11-21)20-12-14-22(15-13-20)25(5)6/h7-15,18-19,23-24H,16-17H2,1-6H3/t23-/m0/s1. The van der Waals surface area contributed by atoms with Gasteiger partial charge in [-0.25, -0.2) is 0 Å². The summed E-state index contributed by atoms with van der Waals surface area (Å²) in [5.74, 6) is -0.0995. The molecule has 0 radical (unpaired) electrons. The van der Waals surface area contributed by atoms with E-state index in [9.17, 15) is 4.57 Å². The Hall–Kier alpha value is -1.81. The maximum atomic E-state index is 14.0. The first-order valence-corrected chi connectivity index (χ1v) is 11.8. The molecule has 0 aliphatic carbocycles. The third-order valence-electron chi connectivity index (χ3n) is 4.29. The summed E-state index contributed by atoms with van der Waals surface area (Å²) in [6, 6.07) is 17.8. The van der Waals surface area contributed by atoms with Gasteiger partial charge in [-0.05, 0) is 41.7 Å². The van der Waals surface area contributed by atoms with Crippen molar-refractivity contribution >= 4 is 19.0 Å². The fourth-order valence-corrected chi connectivity index (χ4v) is 4.91. The molecule has 2 aromatic carbocycles. The Morgan fingerprint density at radius 1 is 0.862 bits per heavy atom. The van der Waals surface area contributed by atoms with Crippen LogP contribution in [0.1, 0.15) is 39.0 Å². The Morgan fingerprint density at radius 3 is 1.83 bits per heavy atom. The zero-order chi connectivity index (χ0) is 21.4. The van der Waals surface area contributed by atoms with Gasteiger partial charge in [0.25, 0.3) is 0 Å². The van der Waals surface area contributed by atoms with Crippen LogP contribution in [0.4, 0.5) is 11.4 Å². The minimum absolute atomic E-state index is 0.250. The van der Waals surface area contributed by atoms with Crippen LogP contribution in [-0.4, -0.2) is 27.3 Å². The quantitative estimate of drug-likeness (QED) is 0.428. The SMILES string of the molecule is CC(C)COP(=O)(OCC(C)C)[C@H](Nc1ccccc1)c1ccc(N(C)C)cc1. The van der Waals surface area contributed by atoms with E-state index in [2.05, 4.69) is 5.32 Å². The molecule has 0 aliphatic heterocycles. The van der Waals surface area contributed by atoms with Gasteiger partial charge in [0.05, 0.1) is 13.2 Å². The van der Waals surface area contributed by atoms with Gasteiger partial charge in [0, 0.05) is 25.5 Å². The number of rotatable bonds is 11. The van der Waals surface area contributed by atoms with Gasteiger partial charge >= 0.3 is 7.60 Å². The summed E-state index contributed by atoms with van der Waals surface area (Å²) in [6.07, 6.45) is 0. The zero-order valence-electron chi connectivity index (χ0n) is 18.5. The van der Waals surface area contributed by atoms with Crippen LogP contribution in [0.2, 0.25) is 0 Å². The monoisotopic (exact) mass is 418 g/mol. The highest BCUT2D eigenvalue weighted by atomic mass is 31.2. The highest BCUT2D eigenvalue weighted by Crippen LogP contribution is 2.61. The highest BCUT2D eigenvalue weighted by molar-refractivity contribution is 7.54. The normalized spacial score (nSPS) is 13.0. The molecule has 1 N–H and O–H groups in total. The molecule has 0 fully saturated rings. The molecule has 0 bridgehead atoms. The van der Waals surface area contributed by atoms with Crippen molar-refractivity contribution in [3.05, 3.63) is 60.2 Å². The Kier molecular flexibility index (Phi) is 8.76. The molecule has 0 saturated heterocycles. The molecule has 2 rings (SSSR count). The van der Waals surface area contributed by atoms with Gasteiger partial charge in [0.15, 0.2) is 5.78 Å². The second-order valence-electron chi connectivity index (χ2n) is 8.32. The molecule has 0 aliphatic rings. The average Bonchev–Trinajstić information content (AvgIpc) is 2.70. The van der Waals surface area contributed by atoms with Crippen molar-refractivity contribution in [3.63, 3.8) is 0 Å². The Morgan fingerprint density at radius 2 is 1.38 bits per heavy atom. The topological polar surface area (TPSA) is 50.8 Å². The predicted molar refractivity (Wildman–Crippen MR) is 123 cm³/mol. The second-order valence-corrected chi connectivity index (χ2v) is 10.4. The number of nitrogens with zero attached hydrogens (tertiary/aromatic N) is 1. The van der Waals surface area contributed by atoms with Crippen molar-refractivity contribution in [2.45, 2.75) is 33.5 Å². The summed E-state index contributed by atoms with van der Waals surface area (Å²) in [4.78, 5) is 2.04. The van der Waals surface area contributed by atoms with Crippen LogP contribution in [0.25, 0.3) is 0 Å². The van der Waals surface area contributed by atoms with E-state index in [0.29, 0.717) is 13.2 Å². The largest absolute Gasteiger partial charge is 0.378 e. The smallest absolute Gasteiger partial charge is 0.357 e. The van der Waals surface area contributed by atoms with Gasteiger partial charge in [-0.3, -0.25) is 4.57 Å². The molecule has 5 nitrogen and oxygen atoms in total. The number of hydrogen-bond donors (Lipinski definition) is 1. The van der Waals surface area contributed by atoms with Crippen molar-refractivity contribution in [2.75, 3.05) is 37.5 Å². The zero-order valence-corrected chi connectivity index (χ0v) is 19.4. The molecular formula is C23H35N2O3P. The predicted octanol–water partition coefficient (Wildman–Crippen LogP) is 6.40. The van der Waals surface area contributed by atoms with Gasteiger partial charge in [-0.1, -0.05) is 58.0 Å². The lowest BCUT2D eigenvalue weighted by atomic mass is 10.2. The molecule has 160 valence electrons. The fraction of sp³-hybridized carbons (Fsp3) is 0.478. The fourth-order valence-electron chi connectivity index (χ4n) is 2.68. The molecule has 29 heavy (non-hydrogen) atoms. The van der Waals surface area contributed by atoms with Crippen molar-refractivity contribution in [2.24, 2.45) is 11.8 Å². The maximum Gasteiger partial charge on any atom is 0.357 e. The summed E-state index contributed by atoms with van der Waals surface area (Å²) in [7, 11) is 0.506. The van der Waals surface area contributed by atoms with Gasteiger partial charge in [-0.2, -0.15) is 0 Å². The minimum atomic E-state index is -3.49. The average molecular weight is 419 g/mol. The maximum absolute atomic E-state index is 14.0. The van der Waals surface area contributed by atoms with E-state index in [4.69, 9.17) is 9.05 Å². The first-order valence-electron chi connectivity index (χ1n) is 10.2. The van der Waals surface area contributed by atoms with E-state index < -0.39 is 13.4 Å². The Bertz CT molecular complexity index is 760. The van der Waals surface area contributed by atoms with Crippen molar-refractivity contribution in [3.8, 4) is 0 Å². The lowest BCUT2D eigenvalue weighted by Gasteiger charge is -2.30. The number of benzene rings is 2.